The molecule has 0 atom stereocenters. The Bertz CT molecular complexity index is 814. The Balaban J connectivity index is 1.71. The van der Waals surface area contributed by atoms with Gasteiger partial charge in [0.05, 0.1) is 19.3 Å². The van der Waals surface area contributed by atoms with Gasteiger partial charge in [0.2, 0.25) is 0 Å². The Morgan fingerprint density at radius 3 is 2.24 bits per heavy atom. The standard InChI is InChI=1S/C22H25NO6/c1-3-14-28-22(26)17-7-9-18(10-8-17)23-20(24)15-29-21(25)13-6-16-4-11-19(27-2)12-5-16/h4-5,7-12H,3,6,13-15H2,1-2H3,(H,23,24). The van der Waals surface area contributed by atoms with E-state index in [0.29, 0.717) is 24.3 Å². The molecule has 0 aliphatic heterocycles. The Morgan fingerprint density at radius 1 is 0.931 bits per heavy atom. The largest absolute Gasteiger partial charge is 0.497 e. The minimum atomic E-state index is -0.455. The molecule has 0 radical (unpaired) electrons. The van der Waals surface area contributed by atoms with Crippen LogP contribution in [0.15, 0.2) is 48.5 Å². The van der Waals surface area contributed by atoms with E-state index in [2.05, 4.69) is 5.32 Å². The van der Waals surface area contributed by atoms with Crippen molar-refractivity contribution in [3.05, 3.63) is 59.7 Å². The number of hydrogen-bond acceptors (Lipinski definition) is 6. The number of ether oxygens (including phenoxy) is 3. The molecule has 2 aromatic carbocycles. The lowest BCUT2D eigenvalue weighted by atomic mass is 10.1. The van der Waals surface area contributed by atoms with Crippen LogP contribution in [-0.2, 0) is 25.5 Å². The number of carbonyl (C=O) groups excluding carboxylic acids is 3. The summed E-state index contributed by atoms with van der Waals surface area (Å²) in [6, 6.07) is 13.7. The van der Waals surface area contributed by atoms with Crippen LogP contribution in [0.3, 0.4) is 0 Å². The van der Waals surface area contributed by atoms with E-state index in [1.807, 2.05) is 31.2 Å². The van der Waals surface area contributed by atoms with E-state index in [1.165, 1.54) is 0 Å². The third-order valence-electron chi connectivity index (χ3n) is 3.98. The number of carbonyl (C=O) groups is 3. The summed E-state index contributed by atoms with van der Waals surface area (Å²) in [4.78, 5) is 35.5. The van der Waals surface area contributed by atoms with Gasteiger partial charge in [0, 0.05) is 12.1 Å². The summed E-state index contributed by atoms with van der Waals surface area (Å²) in [5.74, 6) is -0.566. The summed E-state index contributed by atoms with van der Waals surface area (Å²) in [7, 11) is 1.59. The van der Waals surface area contributed by atoms with Gasteiger partial charge in [0.15, 0.2) is 6.61 Å². The number of benzene rings is 2. The van der Waals surface area contributed by atoms with Gasteiger partial charge in [-0.1, -0.05) is 19.1 Å². The molecule has 2 rings (SSSR count). The molecule has 1 amide bonds. The first-order chi connectivity index (χ1) is 14.0. The monoisotopic (exact) mass is 399 g/mol. The van der Waals surface area contributed by atoms with Crippen molar-refractivity contribution in [1.82, 2.24) is 0 Å². The molecule has 0 fully saturated rings. The zero-order valence-corrected chi connectivity index (χ0v) is 16.6. The first kappa shape index (κ1) is 21.9. The number of rotatable bonds is 10. The summed E-state index contributed by atoms with van der Waals surface area (Å²) in [6.45, 7) is 1.90. The molecule has 154 valence electrons. The summed E-state index contributed by atoms with van der Waals surface area (Å²) in [5, 5.41) is 2.61. The Kier molecular flexibility index (Phi) is 8.69. The van der Waals surface area contributed by atoms with Crippen molar-refractivity contribution < 1.29 is 28.6 Å². The minimum Gasteiger partial charge on any atom is -0.497 e. The fourth-order valence-corrected chi connectivity index (χ4v) is 2.42. The van der Waals surface area contributed by atoms with Gasteiger partial charge in [-0.15, -0.1) is 0 Å². The van der Waals surface area contributed by atoms with Gasteiger partial charge in [0.1, 0.15) is 5.75 Å². The fourth-order valence-electron chi connectivity index (χ4n) is 2.42. The highest BCUT2D eigenvalue weighted by molar-refractivity contribution is 5.94. The molecule has 7 heteroatoms. The van der Waals surface area contributed by atoms with Crippen LogP contribution in [0.2, 0.25) is 0 Å². The molecule has 0 bridgehead atoms. The van der Waals surface area contributed by atoms with E-state index >= 15 is 0 Å². The third-order valence-corrected chi connectivity index (χ3v) is 3.98. The average molecular weight is 399 g/mol. The van der Waals surface area contributed by atoms with Crippen LogP contribution in [-0.4, -0.2) is 38.2 Å². The highest BCUT2D eigenvalue weighted by Crippen LogP contribution is 2.13. The third kappa shape index (κ3) is 7.65. The lowest BCUT2D eigenvalue weighted by Gasteiger charge is -2.08. The number of esters is 2. The van der Waals surface area contributed by atoms with Gasteiger partial charge in [-0.05, 0) is 54.8 Å². The van der Waals surface area contributed by atoms with Crippen LogP contribution in [0.1, 0.15) is 35.7 Å². The van der Waals surface area contributed by atoms with Crippen LogP contribution < -0.4 is 10.1 Å². The minimum absolute atomic E-state index is 0.175. The highest BCUT2D eigenvalue weighted by atomic mass is 16.5. The number of amides is 1. The van der Waals surface area contributed by atoms with Crippen molar-refractivity contribution in [1.29, 1.82) is 0 Å². The molecule has 0 spiro atoms. The lowest BCUT2D eigenvalue weighted by molar-refractivity contribution is -0.147. The summed E-state index contributed by atoms with van der Waals surface area (Å²) in [6.07, 6.45) is 1.44. The summed E-state index contributed by atoms with van der Waals surface area (Å²) in [5.41, 5.74) is 1.88. The van der Waals surface area contributed by atoms with Crippen LogP contribution in [0.4, 0.5) is 5.69 Å². The molecule has 7 nitrogen and oxygen atoms in total. The van der Waals surface area contributed by atoms with Crippen LogP contribution in [0.5, 0.6) is 5.75 Å². The van der Waals surface area contributed by atoms with Crippen molar-refractivity contribution in [2.24, 2.45) is 0 Å². The number of aryl methyl sites for hydroxylation is 1. The molecule has 29 heavy (non-hydrogen) atoms. The quantitative estimate of drug-likeness (QED) is 0.616. The van der Waals surface area contributed by atoms with Crippen LogP contribution >= 0.6 is 0 Å². The smallest absolute Gasteiger partial charge is 0.338 e. The second kappa shape index (κ2) is 11.5. The van der Waals surface area contributed by atoms with Gasteiger partial charge in [-0.2, -0.15) is 0 Å². The molecule has 0 aromatic heterocycles. The summed E-state index contributed by atoms with van der Waals surface area (Å²) < 4.78 is 15.1. The zero-order valence-electron chi connectivity index (χ0n) is 16.6. The number of methoxy groups -OCH3 is 1. The van der Waals surface area contributed by atoms with E-state index in [-0.39, 0.29) is 13.0 Å². The van der Waals surface area contributed by atoms with E-state index in [1.54, 1.807) is 31.4 Å². The zero-order chi connectivity index (χ0) is 21.1. The number of anilines is 1. The first-order valence-corrected chi connectivity index (χ1v) is 9.37. The van der Waals surface area contributed by atoms with Gasteiger partial charge < -0.3 is 19.5 Å². The molecule has 2 aromatic rings. The van der Waals surface area contributed by atoms with Gasteiger partial charge in [0.25, 0.3) is 5.91 Å². The molecule has 0 aliphatic carbocycles. The fraction of sp³-hybridized carbons (Fsp3) is 0.318. The van der Waals surface area contributed by atoms with Crippen molar-refractivity contribution in [2.45, 2.75) is 26.2 Å². The highest BCUT2D eigenvalue weighted by Gasteiger charge is 2.10. The van der Waals surface area contributed by atoms with E-state index in [9.17, 15) is 14.4 Å². The van der Waals surface area contributed by atoms with Crippen molar-refractivity contribution in [2.75, 3.05) is 25.6 Å². The Hall–Kier alpha value is -3.35. The molecular formula is C22H25NO6. The average Bonchev–Trinajstić information content (AvgIpc) is 2.75. The molecule has 0 saturated heterocycles. The molecule has 0 heterocycles. The predicted octanol–water partition coefficient (Wildman–Crippen LogP) is 3.38. The van der Waals surface area contributed by atoms with Crippen LogP contribution in [0, 0.1) is 0 Å². The number of hydrogen-bond donors (Lipinski definition) is 1. The molecule has 0 aliphatic rings. The molecule has 0 saturated carbocycles. The second-order valence-electron chi connectivity index (χ2n) is 6.27. The Labute approximate surface area is 170 Å². The normalized spacial score (nSPS) is 10.1. The maximum Gasteiger partial charge on any atom is 0.338 e. The van der Waals surface area contributed by atoms with E-state index < -0.39 is 17.8 Å². The number of nitrogens with one attached hydrogen (secondary N) is 1. The lowest BCUT2D eigenvalue weighted by Crippen LogP contribution is -2.21. The molecule has 0 unspecified atom stereocenters. The summed E-state index contributed by atoms with van der Waals surface area (Å²) >= 11 is 0. The Morgan fingerprint density at radius 2 is 1.62 bits per heavy atom. The maximum atomic E-state index is 11.9. The van der Waals surface area contributed by atoms with Gasteiger partial charge in [-0.25, -0.2) is 4.79 Å². The SMILES string of the molecule is CCCOC(=O)c1ccc(NC(=O)COC(=O)CCc2ccc(OC)cc2)cc1. The van der Waals surface area contributed by atoms with E-state index in [4.69, 9.17) is 14.2 Å². The van der Waals surface area contributed by atoms with E-state index in [0.717, 1.165) is 17.7 Å². The first-order valence-electron chi connectivity index (χ1n) is 9.37. The van der Waals surface area contributed by atoms with Crippen LogP contribution in [0.25, 0.3) is 0 Å². The molecular weight excluding hydrogens is 374 g/mol. The van der Waals surface area contributed by atoms with Crippen molar-refractivity contribution in [3.8, 4) is 5.75 Å². The van der Waals surface area contributed by atoms with Gasteiger partial charge in [-0.3, -0.25) is 9.59 Å². The maximum absolute atomic E-state index is 11.9. The predicted molar refractivity (Wildman–Crippen MR) is 108 cm³/mol. The van der Waals surface area contributed by atoms with Crippen molar-refractivity contribution in [3.63, 3.8) is 0 Å². The van der Waals surface area contributed by atoms with Crippen molar-refractivity contribution >= 4 is 23.5 Å². The topological polar surface area (TPSA) is 90.9 Å². The molecule has 1 N–H and O–H groups in total. The van der Waals surface area contributed by atoms with Gasteiger partial charge >= 0.3 is 11.9 Å². The second-order valence-corrected chi connectivity index (χ2v) is 6.27.